The van der Waals surface area contributed by atoms with Crippen LogP contribution in [0.4, 0.5) is 11.6 Å². The van der Waals surface area contributed by atoms with Gasteiger partial charge in [-0.15, -0.1) is 0 Å². The van der Waals surface area contributed by atoms with Crippen molar-refractivity contribution in [2.45, 2.75) is 32.7 Å². The fraction of sp³-hybridized carbons (Fsp3) is 0.375. The molecule has 0 spiro atoms. The third-order valence-corrected chi connectivity index (χ3v) is 3.87. The van der Waals surface area contributed by atoms with Crippen molar-refractivity contribution in [2.24, 2.45) is 0 Å². The number of rotatable bonds is 3. The molecule has 5 nitrogen and oxygen atoms in total. The third-order valence-electron chi connectivity index (χ3n) is 3.87. The van der Waals surface area contributed by atoms with Crippen LogP contribution < -0.4 is 10.2 Å². The van der Waals surface area contributed by atoms with Crippen LogP contribution >= 0.6 is 0 Å². The van der Waals surface area contributed by atoms with Gasteiger partial charge in [0, 0.05) is 18.3 Å². The number of amides is 1. The highest BCUT2D eigenvalue weighted by Crippen LogP contribution is 2.28. The molecule has 3 rings (SSSR count). The van der Waals surface area contributed by atoms with E-state index in [1.165, 1.54) is 5.56 Å². The second kappa shape index (κ2) is 5.60. The second-order valence-corrected chi connectivity index (χ2v) is 5.42. The van der Waals surface area contributed by atoms with E-state index in [-0.39, 0.29) is 11.9 Å². The van der Waals surface area contributed by atoms with Crippen molar-refractivity contribution in [3.8, 4) is 0 Å². The lowest BCUT2D eigenvalue weighted by molar-refractivity contribution is -0.117. The molecule has 21 heavy (non-hydrogen) atoms. The minimum absolute atomic E-state index is 0.0807. The maximum absolute atomic E-state index is 12.4. The number of hydrogen-bond acceptors (Lipinski definition) is 4. The summed E-state index contributed by atoms with van der Waals surface area (Å²) in [5, 5.41) is 6.55. The summed E-state index contributed by atoms with van der Waals surface area (Å²) in [5.74, 6) is 0.317. The first-order chi connectivity index (χ1) is 10.1. The Morgan fingerprint density at radius 2 is 2.24 bits per heavy atom. The van der Waals surface area contributed by atoms with Crippen LogP contribution in [0.1, 0.15) is 24.6 Å². The van der Waals surface area contributed by atoms with Crippen LogP contribution in [0.5, 0.6) is 0 Å². The topological polar surface area (TPSA) is 58.4 Å². The van der Waals surface area contributed by atoms with E-state index in [2.05, 4.69) is 27.5 Å². The number of nitrogens with zero attached hydrogens (tertiary/aromatic N) is 2. The van der Waals surface area contributed by atoms with Crippen molar-refractivity contribution in [1.82, 2.24) is 5.16 Å². The summed E-state index contributed by atoms with van der Waals surface area (Å²) < 4.78 is 5.04. The number of hydrogen-bond donors (Lipinski definition) is 1. The SMILES string of the molecule is Cc1cc(NC(=O)C(C)N2CCCc3ccccc32)on1. The van der Waals surface area contributed by atoms with Gasteiger partial charge in [0.1, 0.15) is 6.04 Å². The molecule has 1 aliphatic rings. The first-order valence-corrected chi connectivity index (χ1v) is 7.24. The molecule has 1 atom stereocenters. The lowest BCUT2D eigenvalue weighted by Gasteiger charge is -2.35. The lowest BCUT2D eigenvalue weighted by atomic mass is 10.00. The largest absolute Gasteiger partial charge is 0.360 e. The monoisotopic (exact) mass is 285 g/mol. The normalized spacial score (nSPS) is 15.4. The zero-order valence-electron chi connectivity index (χ0n) is 12.3. The van der Waals surface area contributed by atoms with E-state index in [1.54, 1.807) is 6.07 Å². The number of aryl methyl sites for hydroxylation is 2. The summed E-state index contributed by atoms with van der Waals surface area (Å²) in [5.41, 5.74) is 3.21. The lowest BCUT2D eigenvalue weighted by Crippen LogP contribution is -2.44. The Balaban J connectivity index is 1.76. The Bertz CT molecular complexity index is 650. The molecule has 0 fully saturated rings. The Morgan fingerprint density at radius 3 is 3.00 bits per heavy atom. The van der Waals surface area contributed by atoms with Gasteiger partial charge in [0.2, 0.25) is 11.8 Å². The Morgan fingerprint density at radius 1 is 1.43 bits per heavy atom. The van der Waals surface area contributed by atoms with Crippen LogP contribution in [0.25, 0.3) is 0 Å². The first-order valence-electron chi connectivity index (χ1n) is 7.24. The van der Waals surface area contributed by atoms with Crippen LogP contribution in [-0.2, 0) is 11.2 Å². The minimum Gasteiger partial charge on any atom is -0.360 e. The average molecular weight is 285 g/mol. The minimum atomic E-state index is -0.253. The van der Waals surface area contributed by atoms with E-state index in [0.717, 1.165) is 30.8 Å². The summed E-state index contributed by atoms with van der Waals surface area (Å²) in [6.07, 6.45) is 2.14. The molecule has 1 aromatic heterocycles. The third kappa shape index (κ3) is 2.77. The standard InChI is InChI=1S/C16H19N3O2/c1-11-10-15(21-18-11)17-16(20)12(2)19-9-5-7-13-6-3-4-8-14(13)19/h3-4,6,8,10,12H,5,7,9H2,1-2H3,(H,17,20). The molecule has 1 aromatic carbocycles. The van der Waals surface area contributed by atoms with Crippen LogP contribution in [0.3, 0.4) is 0 Å². The van der Waals surface area contributed by atoms with E-state index in [1.807, 2.05) is 26.0 Å². The van der Waals surface area contributed by atoms with E-state index in [4.69, 9.17) is 4.52 Å². The van der Waals surface area contributed by atoms with Crippen LogP contribution in [-0.4, -0.2) is 23.7 Å². The highest BCUT2D eigenvalue weighted by atomic mass is 16.5. The molecule has 1 aliphatic heterocycles. The maximum atomic E-state index is 12.4. The van der Waals surface area contributed by atoms with Gasteiger partial charge in [0.25, 0.3) is 0 Å². The van der Waals surface area contributed by atoms with Crippen LogP contribution in [0.15, 0.2) is 34.9 Å². The summed E-state index contributed by atoms with van der Waals surface area (Å²) in [6, 6.07) is 9.74. The molecule has 110 valence electrons. The van der Waals surface area contributed by atoms with Crippen molar-refractivity contribution < 1.29 is 9.32 Å². The number of nitrogens with one attached hydrogen (secondary N) is 1. The average Bonchev–Trinajstić information content (AvgIpc) is 2.91. The smallest absolute Gasteiger partial charge is 0.249 e. The first kappa shape index (κ1) is 13.7. The molecular weight excluding hydrogens is 266 g/mol. The molecule has 5 heteroatoms. The van der Waals surface area contributed by atoms with Gasteiger partial charge in [-0.3, -0.25) is 10.1 Å². The molecule has 0 saturated carbocycles. The van der Waals surface area contributed by atoms with Gasteiger partial charge >= 0.3 is 0 Å². The number of benzene rings is 1. The number of carbonyl (C=O) groups excluding carboxylic acids is 1. The number of fused-ring (bicyclic) bond motifs is 1. The maximum Gasteiger partial charge on any atom is 0.249 e. The van der Waals surface area contributed by atoms with Gasteiger partial charge in [-0.05, 0) is 38.3 Å². The van der Waals surface area contributed by atoms with Gasteiger partial charge in [0.15, 0.2) is 0 Å². The summed E-state index contributed by atoms with van der Waals surface area (Å²) in [4.78, 5) is 14.5. The highest BCUT2D eigenvalue weighted by molar-refractivity contribution is 5.95. The van der Waals surface area contributed by atoms with Gasteiger partial charge in [-0.25, -0.2) is 0 Å². The van der Waals surface area contributed by atoms with Gasteiger partial charge in [0.05, 0.1) is 5.69 Å². The predicted octanol–water partition coefficient (Wildman–Crippen LogP) is 2.76. The molecule has 0 radical (unpaired) electrons. The van der Waals surface area contributed by atoms with E-state index in [0.29, 0.717) is 5.88 Å². The van der Waals surface area contributed by atoms with Crippen molar-refractivity contribution in [3.63, 3.8) is 0 Å². The quantitative estimate of drug-likeness (QED) is 0.942. The van der Waals surface area contributed by atoms with Crippen molar-refractivity contribution in [1.29, 1.82) is 0 Å². The number of aromatic nitrogens is 1. The highest BCUT2D eigenvalue weighted by Gasteiger charge is 2.26. The van der Waals surface area contributed by atoms with Crippen molar-refractivity contribution in [3.05, 3.63) is 41.6 Å². The van der Waals surface area contributed by atoms with E-state index >= 15 is 0 Å². The van der Waals surface area contributed by atoms with Crippen LogP contribution in [0.2, 0.25) is 0 Å². The molecule has 0 aliphatic carbocycles. The van der Waals surface area contributed by atoms with Crippen LogP contribution in [0, 0.1) is 6.92 Å². The summed E-state index contributed by atoms with van der Waals surface area (Å²) >= 11 is 0. The molecule has 1 unspecified atom stereocenters. The predicted molar refractivity (Wildman–Crippen MR) is 81.4 cm³/mol. The number of para-hydroxylation sites is 1. The van der Waals surface area contributed by atoms with E-state index < -0.39 is 0 Å². The Kier molecular flexibility index (Phi) is 3.64. The fourth-order valence-corrected chi connectivity index (χ4v) is 2.75. The molecular formula is C16H19N3O2. The molecule has 0 saturated heterocycles. The summed E-state index contributed by atoms with van der Waals surface area (Å²) in [7, 11) is 0. The molecule has 0 bridgehead atoms. The second-order valence-electron chi connectivity index (χ2n) is 5.42. The Hall–Kier alpha value is -2.30. The number of anilines is 2. The molecule has 2 heterocycles. The molecule has 2 aromatic rings. The van der Waals surface area contributed by atoms with Crippen molar-refractivity contribution >= 4 is 17.5 Å². The zero-order chi connectivity index (χ0) is 14.8. The summed E-state index contributed by atoms with van der Waals surface area (Å²) in [6.45, 7) is 4.63. The molecule has 1 N–H and O–H groups in total. The van der Waals surface area contributed by atoms with Gasteiger partial charge in [-0.2, -0.15) is 0 Å². The van der Waals surface area contributed by atoms with Crippen molar-refractivity contribution in [2.75, 3.05) is 16.8 Å². The molecule has 1 amide bonds. The zero-order valence-corrected chi connectivity index (χ0v) is 12.3. The van der Waals surface area contributed by atoms with Gasteiger partial charge in [-0.1, -0.05) is 23.4 Å². The van der Waals surface area contributed by atoms with E-state index in [9.17, 15) is 4.79 Å². The fourth-order valence-electron chi connectivity index (χ4n) is 2.75. The Labute approximate surface area is 123 Å². The number of carbonyl (C=O) groups is 1. The van der Waals surface area contributed by atoms with Gasteiger partial charge < -0.3 is 9.42 Å².